The maximum Gasteiger partial charge on any atom is 0.270 e. The number of aryl methyl sites for hydroxylation is 1. The molecule has 9 nitrogen and oxygen atoms in total. The number of nitrogens with one attached hydrogen (secondary N) is 1. The van der Waals surface area contributed by atoms with Crippen molar-refractivity contribution >= 4 is 55.7 Å². The Bertz CT molecular complexity index is 1620. The number of halogens is 2. The number of amides is 1. The van der Waals surface area contributed by atoms with E-state index in [0.29, 0.717) is 36.1 Å². The lowest BCUT2D eigenvalue weighted by Crippen LogP contribution is -2.46. The summed E-state index contributed by atoms with van der Waals surface area (Å²) in [6.45, 7) is 2.94. The molecule has 1 saturated heterocycles. The van der Waals surface area contributed by atoms with Crippen molar-refractivity contribution in [3.05, 3.63) is 76.5 Å². The number of carbonyl (C=O) groups is 1. The van der Waals surface area contributed by atoms with Crippen LogP contribution >= 0.6 is 23.2 Å². The molecular weight excluding hydrogens is 549 g/mol. The molecule has 0 bridgehead atoms. The fourth-order valence-electron chi connectivity index (χ4n) is 4.28. The lowest BCUT2D eigenvalue weighted by atomic mass is 10.2. The molecule has 4 aromatic rings. The van der Waals surface area contributed by atoms with Crippen LogP contribution in [0.1, 0.15) is 10.5 Å². The molecule has 0 atom stereocenters. The van der Waals surface area contributed by atoms with Crippen LogP contribution in [0.5, 0.6) is 11.6 Å². The Balaban J connectivity index is 1.33. The Morgan fingerprint density at radius 3 is 2.47 bits per heavy atom. The largest absolute Gasteiger partial charge is 0.439 e. The summed E-state index contributed by atoms with van der Waals surface area (Å²) in [5.74, 6) is 0.835. The normalized spacial score (nSPS) is 14.1. The number of ether oxygens (including phenoxy) is 1. The molecule has 12 heteroatoms. The fraction of sp³-hybridized carbons (Fsp3) is 0.231. The van der Waals surface area contributed by atoms with E-state index >= 15 is 0 Å². The third-order valence-electron chi connectivity index (χ3n) is 6.50. The molecule has 1 aliphatic heterocycles. The van der Waals surface area contributed by atoms with Gasteiger partial charge in [-0.15, -0.1) is 0 Å². The molecule has 2 aromatic carbocycles. The number of carbonyl (C=O) groups excluding carboxylic acids is 1. The molecule has 0 radical (unpaired) electrons. The quantitative estimate of drug-likeness (QED) is 0.363. The van der Waals surface area contributed by atoms with Crippen molar-refractivity contribution in [1.29, 1.82) is 0 Å². The van der Waals surface area contributed by atoms with Crippen LogP contribution in [0.15, 0.2) is 65.7 Å². The summed E-state index contributed by atoms with van der Waals surface area (Å²) in [4.78, 5) is 19.2. The number of rotatable bonds is 6. The van der Waals surface area contributed by atoms with E-state index in [9.17, 15) is 13.2 Å². The topological polar surface area (TPSA) is 96.8 Å². The summed E-state index contributed by atoms with van der Waals surface area (Å²) in [5.41, 5.74) is 1.81. The first-order valence-corrected chi connectivity index (χ1v) is 14.0. The first-order chi connectivity index (χ1) is 18.1. The second-order valence-corrected chi connectivity index (χ2v) is 11.6. The summed E-state index contributed by atoms with van der Waals surface area (Å²) < 4.78 is 34.9. The second-order valence-electron chi connectivity index (χ2n) is 8.86. The van der Waals surface area contributed by atoms with Crippen LogP contribution in [0.2, 0.25) is 10.0 Å². The third-order valence-corrected chi connectivity index (χ3v) is 9.02. The predicted octanol–water partition coefficient (Wildman–Crippen LogP) is 4.54. The lowest BCUT2D eigenvalue weighted by Gasteiger charge is -2.27. The Kier molecular flexibility index (Phi) is 7.23. The maximum atomic E-state index is 13.0. The molecule has 5 rings (SSSR count). The number of piperazine rings is 1. The van der Waals surface area contributed by atoms with Crippen LogP contribution in [0.4, 0.5) is 5.69 Å². The van der Waals surface area contributed by atoms with Crippen LogP contribution in [-0.2, 0) is 17.1 Å². The minimum Gasteiger partial charge on any atom is -0.439 e. The molecule has 2 aromatic heterocycles. The van der Waals surface area contributed by atoms with E-state index in [4.69, 9.17) is 27.9 Å². The van der Waals surface area contributed by atoms with Gasteiger partial charge in [0.05, 0.1) is 32.3 Å². The fourth-order valence-corrected chi connectivity index (χ4v) is 5.85. The molecule has 1 aliphatic rings. The second kappa shape index (κ2) is 10.5. The SMILES string of the molecule is CN(c1ccc(Oc2ccc3cc(C(=O)N4CCNCC4)n(C)c3c2)nc1)S(=O)(=O)c1ccc(Cl)c(Cl)c1. The van der Waals surface area contributed by atoms with Gasteiger partial charge in [0.25, 0.3) is 15.9 Å². The number of aromatic nitrogens is 2. The van der Waals surface area contributed by atoms with Crippen molar-refractivity contribution in [3.63, 3.8) is 0 Å². The van der Waals surface area contributed by atoms with Gasteiger partial charge < -0.3 is 19.5 Å². The highest BCUT2D eigenvalue weighted by atomic mass is 35.5. The molecule has 3 heterocycles. The van der Waals surface area contributed by atoms with Crippen LogP contribution in [0.25, 0.3) is 10.9 Å². The average Bonchev–Trinajstić information content (AvgIpc) is 3.25. The van der Waals surface area contributed by atoms with Gasteiger partial charge in [-0.25, -0.2) is 13.4 Å². The Hall–Kier alpha value is -3.31. The molecular formula is C26H25Cl2N5O4S. The maximum absolute atomic E-state index is 13.0. The standard InChI is InChI=1S/C26H25Cl2N5O4S/c1-31-23-14-19(5-3-17(23)13-24(31)26(34)33-11-9-29-10-12-33)37-25-8-4-18(16-30-25)32(2)38(35,36)20-6-7-21(27)22(28)15-20/h3-8,13-16,29H,9-12H2,1-2H3. The van der Waals surface area contributed by atoms with Gasteiger partial charge in [-0.1, -0.05) is 23.2 Å². The van der Waals surface area contributed by atoms with Gasteiger partial charge in [-0.05, 0) is 42.5 Å². The smallest absolute Gasteiger partial charge is 0.270 e. The van der Waals surface area contributed by atoms with E-state index in [0.717, 1.165) is 28.3 Å². The lowest BCUT2D eigenvalue weighted by molar-refractivity contribution is 0.0726. The Labute approximate surface area is 230 Å². The number of fused-ring (bicyclic) bond motifs is 1. The molecule has 1 N–H and O–H groups in total. The highest BCUT2D eigenvalue weighted by Gasteiger charge is 2.23. The number of nitrogens with zero attached hydrogens (tertiary/aromatic N) is 4. The van der Waals surface area contributed by atoms with Crippen molar-refractivity contribution in [2.24, 2.45) is 7.05 Å². The summed E-state index contributed by atoms with van der Waals surface area (Å²) in [6.07, 6.45) is 1.41. The highest BCUT2D eigenvalue weighted by Crippen LogP contribution is 2.30. The van der Waals surface area contributed by atoms with Crippen LogP contribution in [0, 0.1) is 0 Å². The number of hydrogen-bond acceptors (Lipinski definition) is 6. The van der Waals surface area contributed by atoms with Crippen LogP contribution in [0.3, 0.4) is 0 Å². The van der Waals surface area contributed by atoms with Crippen molar-refractivity contribution in [2.45, 2.75) is 4.90 Å². The molecule has 1 fully saturated rings. The van der Waals surface area contributed by atoms with Crippen molar-refractivity contribution in [3.8, 4) is 11.6 Å². The monoisotopic (exact) mass is 573 g/mol. The minimum absolute atomic E-state index is 0.00451. The van der Waals surface area contributed by atoms with Gasteiger partial charge in [-0.3, -0.25) is 9.10 Å². The van der Waals surface area contributed by atoms with Crippen molar-refractivity contribution in [1.82, 2.24) is 19.8 Å². The number of benzene rings is 2. The number of pyridine rings is 1. The molecule has 198 valence electrons. The third kappa shape index (κ3) is 5.04. The number of hydrogen-bond donors (Lipinski definition) is 1. The average molecular weight is 574 g/mol. The van der Waals surface area contributed by atoms with Gasteiger partial charge >= 0.3 is 0 Å². The first-order valence-electron chi connectivity index (χ1n) is 11.8. The van der Waals surface area contributed by atoms with Gasteiger partial charge in [0.1, 0.15) is 11.4 Å². The van der Waals surface area contributed by atoms with E-state index in [2.05, 4.69) is 10.3 Å². The molecule has 0 unspecified atom stereocenters. The van der Waals surface area contributed by atoms with E-state index in [1.807, 2.05) is 34.7 Å². The predicted molar refractivity (Wildman–Crippen MR) is 148 cm³/mol. The summed E-state index contributed by atoms with van der Waals surface area (Å²) in [5, 5.41) is 4.60. The molecule has 0 saturated carbocycles. The van der Waals surface area contributed by atoms with Crippen molar-refractivity contribution in [2.75, 3.05) is 37.5 Å². The Morgan fingerprint density at radius 2 is 1.79 bits per heavy atom. The van der Waals surface area contributed by atoms with E-state index in [1.54, 1.807) is 18.2 Å². The van der Waals surface area contributed by atoms with Gasteiger partial charge in [0, 0.05) is 57.8 Å². The highest BCUT2D eigenvalue weighted by molar-refractivity contribution is 7.92. The van der Waals surface area contributed by atoms with Gasteiger partial charge in [-0.2, -0.15) is 0 Å². The van der Waals surface area contributed by atoms with Gasteiger partial charge in [0.2, 0.25) is 5.88 Å². The summed E-state index contributed by atoms with van der Waals surface area (Å²) in [7, 11) is -0.585. The zero-order valence-electron chi connectivity index (χ0n) is 20.7. The molecule has 1 amide bonds. The molecule has 38 heavy (non-hydrogen) atoms. The van der Waals surface area contributed by atoms with E-state index in [1.165, 1.54) is 31.4 Å². The van der Waals surface area contributed by atoms with Crippen LogP contribution < -0.4 is 14.4 Å². The Morgan fingerprint density at radius 1 is 1.03 bits per heavy atom. The number of sulfonamides is 1. The minimum atomic E-state index is -3.87. The molecule has 0 spiro atoms. The first kappa shape index (κ1) is 26.3. The van der Waals surface area contributed by atoms with Gasteiger partial charge in [0.15, 0.2) is 0 Å². The zero-order valence-corrected chi connectivity index (χ0v) is 23.0. The summed E-state index contributed by atoms with van der Waals surface area (Å²) in [6, 6.07) is 14.8. The zero-order chi connectivity index (χ0) is 27.0. The van der Waals surface area contributed by atoms with Crippen LogP contribution in [-0.4, -0.2) is 62.0 Å². The van der Waals surface area contributed by atoms with E-state index < -0.39 is 10.0 Å². The molecule has 0 aliphatic carbocycles. The summed E-state index contributed by atoms with van der Waals surface area (Å²) >= 11 is 11.9. The van der Waals surface area contributed by atoms with Crippen molar-refractivity contribution < 1.29 is 17.9 Å². The van der Waals surface area contributed by atoms with E-state index in [-0.39, 0.29) is 20.8 Å². The number of anilines is 1.